The molecule has 7 nitrogen and oxygen atoms in total. The summed E-state index contributed by atoms with van der Waals surface area (Å²) in [6.45, 7) is 3.63. The van der Waals surface area contributed by atoms with E-state index in [4.69, 9.17) is 23.7 Å². The Morgan fingerprint density at radius 1 is 0.442 bits per heavy atom. The quantitative estimate of drug-likeness (QED) is 0.0828. The SMILES string of the molecule is Oc1ccc(I)cc1Cc1ccccc1OCCOCCOCCOCCOc1ccccc1Cc1cc(I)ccc1O. The van der Waals surface area contributed by atoms with E-state index in [1.54, 1.807) is 12.1 Å². The fourth-order valence-corrected chi connectivity index (χ4v) is 5.46. The third kappa shape index (κ3) is 11.5. The van der Waals surface area contributed by atoms with E-state index in [9.17, 15) is 10.2 Å². The second-order valence-corrected chi connectivity index (χ2v) is 12.1. The first kappa shape index (κ1) is 33.3. The molecule has 228 valence electrons. The first-order valence-electron chi connectivity index (χ1n) is 14.1. The lowest BCUT2D eigenvalue weighted by Crippen LogP contribution is -2.14. The minimum Gasteiger partial charge on any atom is -0.508 e. The second kappa shape index (κ2) is 18.3. The lowest BCUT2D eigenvalue weighted by molar-refractivity contribution is 0.00492. The van der Waals surface area contributed by atoms with Crippen LogP contribution in [-0.4, -0.2) is 63.1 Å². The summed E-state index contributed by atoms with van der Waals surface area (Å²) in [5.74, 6) is 2.15. The number of hydrogen-bond donors (Lipinski definition) is 2. The number of benzene rings is 4. The molecule has 9 heteroatoms. The number of para-hydroxylation sites is 2. The van der Waals surface area contributed by atoms with Crippen molar-refractivity contribution in [2.75, 3.05) is 52.9 Å². The molecule has 0 radical (unpaired) electrons. The Bertz CT molecular complexity index is 1320. The minimum atomic E-state index is 0.287. The molecule has 0 aliphatic rings. The zero-order valence-electron chi connectivity index (χ0n) is 23.8. The van der Waals surface area contributed by atoms with Crippen LogP contribution in [-0.2, 0) is 27.1 Å². The van der Waals surface area contributed by atoms with Crippen molar-refractivity contribution in [3.05, 3.63) is 114 Å². The molecule has 2 N–H and O–H groups in total. The molecule has 0 aliphatic heterocycles. The van der Waals surface area contributed by atoms with E-state index in [2.05, 4.69) is 45.2 Å². The van der Waals surface area contributed by atoms with Crippen LogP contribution >= 0.6 is 45.2 Å². The Kier molecular flexibility index (Phi) is 14.2. The molecule has 0 saturated carbocycles. The minimum absolute atomic E-state index is 0.287. The highest BCUT2D eigenvalue weighted by Crippen LogP contribution is 2.28. The smallest absolute Gasteiger partial charge is 0.122 e. The van der Waals surface area contributed by atoms with Gasteiger partial charge in [0.2, 0.25) is 0 Å². The van der Waals surface area contributed by atoms with Crippen molar-refractivity contribution in [2.45, 2.75) is 12.8 Å². The molecule has 4 aromatic rings. The Hall–Kier alpha value is -2.58. The van der Waals surface area contributed by atoms with Crippen molar-refractivity contribution in [1.29, 1.82) is 0 Å². The average Bonchev–Trinajstić information content (AvgIpc) is 3.00. The third-order valence-electron chi connectivity index (χ3n) is 6.50. The van der Waals surface area contributed by atoms with Crippen molar-refractivity contribution in [2.24, 2.45) is 0 Å². The molecular formula is C34H36I2O7. The second-order valence-electron chi connectivity index (χ2n) is 9.65. The maximum Gasteiger partial charge on any atom is 0.122 e. The van der Waals surface area contributed by atoms with Crippen LogP contribution in [0, 0.1) is 7.14 Å². The number of phenolic OH excluding ortho intramolecular Hbond substituents is 2. The van der Waals surface area contributed by atoms with Gasteiger partial charge in [-0.1, -0.05) is 36.4 Å². The molecule has 43 heavy (non-hydrogen) atoms. The fraction of sp³-hybridized carbons (Fsp3) is 0.294. The lowest BCUT2D eigenvalue weighted by atomic mass is 10.0. The molecule has 0 aliphatic carbocycles. The molecule has 0 aromatic heterocycles. The van der Waals surface area contributed by atoms with E-state index in [0.29, 0.717) is 65.7 Å². The van der Waals surface area contributed by atoms with E-state index < -0.39 is 0 Å². The van der Waals surface area contributed by atoms with Crippen molar-refractivity contribution < 1.29 is 33.9 Å². The van der Waals surface area contributed by atoms with Crippen LogP contribution in [0.5, 0.6) is 23.0 Å². The summed E-state index contributed by atoms with van der Waals surface area (Å²) in [4.78, 5) is 0. The molecule has 0 saturated heterocycles. The number of aromatic hydroxyl groups is 2. The number of halogens is 2. The van der Waals surface area contributed by atoms with E-state index in [0.717, 1.165) is 40.9 Å². The summed E-state index contributed by atoms with van der Waals surface area (Å²) in [5.41, 5.74) is 3.77. The summed E-state index contributed by atoms with van der Waals surface area (Å²) in [5, 5.41) is 20.4. The van der Waals surface area contributed by atoms with Crippen LogP contribution in [0.4, 0.5) is 0 Å². The van der Waals surface area contributed by atoms with Gasteiger partial charge in [-0.05, 0) is 116 Å². The number of phenols is 2. The molecule has 0 atom stereocenters. The summed E-state index contributed by atoms with van der Waals surface area (Å²) in [7, 11) is 0. The maximum atomic E-state index is 10.2. The molecule has 0 spiro atoms. The van der Waals surface area contributed by atoms with Crippen LogP contribution in [0.1, 0.15) is 22.3 Å². The lowest BCUT2D eigenvalue weighted by Gasteiger charge is -2.13. The Balaban J connectivity index is 1.04. The van der Waals surface area contributed by atoms with Crippen LogP contribution in [0.25, 0.3) is 0 Å². The van der Waals surface area contributed by atoms with Gasteiger partial charge in [-0.3, -0.25) is 0 Å². The highest BCUT2D eigenvalue weighted by molar-refractivity contribution is 14.1. The van der Waals surface area contributed by atoms with Gasteiger partial charge in [-0.2, -0.15) is 0 Å². The van der Waals surface area contributed by atoms with Gasteiger partial charge >= 0.3 is 0 Å². The molecular weight excluding hydrogens is 774 g/mol. The van der Waals surface area contributed by atoms with Gasteiger partial charge < -0.3 is 33.9 Å². The predicted molar refractivity (Wildman–Crippen MR) is 184 cm³/mol. The van der Waals surface area contributed by atoms with Crippen molar-refractivity contribution >= 4 is 45.2 Å². The topological polar surface area (TPSA) is 86.6 Å². The standard InChI is InChI=1S/C34H36I2O7/c35-29-9-11-31(37)27(23-29)21-25-5-1-3-7-33(25)42-19-17-40-15-13-39-14-16-41-18-20-43-34-8-4-2-6-26(34)22-28-24-30(36)10-12-32(28)38/h1-12,23-24,37-38H,13-22H2. The molecule has 0 bridgehead atoms. The van der Waals surface area contributed by atoms with Gasteiger partial charge in [-0.25, -0.2) is 0 Å². The van der Waals surface area contributed by atoms with Gasteiger partial charge in [0.25, 0.3) is 0 Å². The summed E-state index contributed by atoms with van der Waals surface area (Å²) in [6, 6.07) is 26.9. The third-order valence-corrected chi connectivity index (χ3v) is 7.85. The Morgan fingerprint density at radius 3 is 1.23 bits per heavy atom. The van der Waals surface area contributed by atoms with Gasteiger partial charge in [0, 0.05) is 20.0 Å². The molecule has 0 heterocycles. The maximum absolute atomic E-state index is 10.2. The van der Waals surface area contributed by atoms with E-state index in [-0.39, 0.29) is 11.5 Å². The van der Waals surface area contributed by atoms with Crippen molar-refractivity contribution in [3.8, 4) is 23.0 Å². The van der Waals surface area contributed by atoms with Crippen molar-refractivity contribution in [3.63, 3.8) is 0 Å². The fourth-order valence-electron chi connectivity index (χ4n) is 4.35. The number of hydrogen-bond acceptors (Lipinski definition) is 7. The zero-order valence-corrected chi connectivity index (χ0v) is 28.2. The Morgan fingerprint density at radius 2 is 0.814 bits per heavy atom. The summed E-state index contributed by atoms with van der Waals surface area (Å²) < 4.78 is 30.9. The van der Waals surface area contributed by atoms with E-state index in [1.165, 1.54) is 0 Å². The largest absolute Gasteiger partial charge is 0.508 e. The summed E-state index contributed by atoms with van der Waals surface area (Å²) in [6.07, 6.45) is 1.18. The first-order valence-corrected chi connectivity index (χ1v) is 16.2. The highest BCUT2D eigenvalue weighted by atomic mass is 127. The van der Waals surface area contributed by atoms with Crippen molar-refractivity contribution in [1.82, 2.24) is 0 Å². The number of ether oxygens (including phenoxy) is 5. The predicted octanol–water partition coefficient (Wildman–Crippen LogP) is 7.00. The van der Waals surface area contributed by atoms with Crippen LogP contribution in [0.2, 0.25) is 0 Å². The molecule has 4 aromatic carbocycles. The highest BCUT2D eigenvalue weighted by Gasteiger charge is 2.10. The van der Waals surface area contributed by atoms with E-state index >= 15 is 0 Å². The zero-order chi connectivity index (χ0) is 30.3. The van der Waals surface area contributed by atoms with Gasteiger partial charge in [-0.15, -0.1) is 0 Å². The van der Waals surface area contributed by atoms with Gasteiger partial charge in [0.05, 0.1) is 39.6 Å². The number of rotatable bonds is 18. The molecule has 0 amide bonds. The van der Waals surface area contributed by atoms with Crippen LogP contribution in [0.3, 0.4) is 0 Å². The summed E-state index contributed by atoms with van der Waals surface area (Å²) >= 11 is 4.49. The molecule has 4 rings (SSSR count). The Labute approximate surface area is 280 Å². The van der Waals surface area contributed by atoms with Crippen LogP contribution in [0.15, 0.2) is 84.9 Å². The van der Waals surface area contributed by atoms with Gasteiger partial charge in [0.15, 0.2) is 0 Å². The normalized spacial score (nSPS) is 11.0. The monoisotopic (exact) mass is 810 g/mol. The molecule has 0 unspecified atom stereocenters. The average molecular weight is 810 g/mol. The molecule has 0 fully saturated rings. The van der Waals surface area contributed by atoms with Gasteiger partial charge in [0.1, 0.15) is 36.2 Å². The van der Waals surface area contributed by atoms with Crippen LogP contribution < -0.4 is 9.47 Å². The first-order chi connectivity index (χ1) is 21.0. The van der Waals surface area contributed by atoms with E-state index in [1.807, 2.05) is 72.8 Å².